The average molecular weight is 211 g/mol. The second-order valence-corrected chi connectivity index (χ2v) is 3.04. The van der Waals surface area contributed by atoms with Gasteiger partial charge >= 0.3 is 5.97 Å². The summed E-state index contributed by atoms with van der Waals surface area (Å²) in [4.78, 5) is 15.1. The summed E-state index contributed by atoms with van der Waals surface area (Å²) in [5, 5.41) is 0.243. The zero-order chi connectivity index (χ0) is 10.1. The zero-order valence-electron chi connectivity index (χ0n) is 7.40. The van der Waals surface area contributed by atoms with E-state index in [1.807, 2.05) is 12.1 Å². The Morgan fingerprint density at radius 1 is 1.64 bits per heavy atom. The van der Waals surface area contributed by atoms with Crippen LogP contribution < -0.4 is 0 Å². The maximum Gasteiger partial charge on any atom is 0.356 e. The van der Waals surface area contributed by atoms with Gasteiger partial charge in [-0.2, -0.15) is 0 Å². The molecule has 72 valence electrons. The maximum absolute atomic E-state index is 11.2. The van der Waals surface area contributed by atoms with Crippen LogP contribution in [0.5, 0.6) is 0 Å². The lowest BCUT2D eigenvalue weighted by molar-refractivity contribution is 0.0594. The van der Waals surface area contributed by atoms with Gasteiger partial charge in [0.2, 0.25) is 5.28 Å². The quantitative estimate of drug-likeness (QED) is 0.532. The summed E-state index contributed by atoms with van der Waals surface area (Å²) in [6, 6.07) is 5.28. The molecule has 0 aromatic carbocycles. The van der Waals surface area contributed by atoms with E-state index in [-0.39, 0.29) is 11.0 Å². The minimum absolute atomic E-state index is 0.212. The predicted octanol–water partition coefficient (Wildman–Crippen LogP) is 1.77. The van der Waals surface area contributed by atoms with Crippen LogP contribution in [-0.4, -0.2) is 22.5 Å². The first-order valence-corrected chi connectivity index (χ1v) is 4.32. The first-order valence-electron chi connectivity index (χ1n) is 3.94. The minimum atomic E-state index is -0.490. The molecule has 0 aliphatic heterocycles. The number of carbonyl (C=O) groups excluding carboxylic acids is 1. The van der Waals surface area contributed by atoms with E-state index in [4.69, 9.17) is 11.6 Å². The lowest BCUT2D eigenvalue weighted by Crippen LogP contribution is -2.05. The van der Waals surface area contributed by atoms with Gasteiger partial charge in [0.25, 0.3) is 0 Å². The highest BCUT2D eigenvalue weighted by Gasteiger charge is 2.10. The molecule has 2 aromatic heterocycles. The van der Waals surface area contributed by atoms with Crippen molar-refractivity contribution in [1.29, 1.82) is 0 Å². The fourth-order valence-electron chi connectivity index (χ4n) is 1.21. The van der Waals surface area contributed by atoms with Gasteiger partial charge in [0.05, 0.1) is 12.6 Å². The van der Waals surface area contributed by atoms with Gasteiger partial charge in [0, 0.05) is 6.20 Å². The lowest BCUT2D eigenvalue weighted by atomic mass is 10.3. The molecule has 0 saturated heterocycles. The van der Waals surface area contributed by atoms with Gasteiger partial charge in [-0.15, -0.1) is 0 Å². The second kappa shape index (κ2) is 3.31. The van der Waals surface area contributed by atoms with Crippen LogP contribution in [-0.2, 0) is 4.74 Å². The lowest BCUT2D eigenvalue weighted by Gasteiger charge is -2.01. The van der Waals surface area contributed by atoms with Gasteiger partial charge < -0.3 is 4.74 Å². The Morgan fingerprint density at radius 3 is 3.14 bits per heavy atom. The average Bonchev–Trinajstić information content (AvgIpc) is 2.64. The standard InChI is InChI=1S/C9H7ClN2O2/c1-14-8(13)7-5-6-3-2-4-12(6)9(10)11-7/h2-5H,1H3. The number of hydrogen-bond acceptors (Lipinski definition) is 3. The smallest absolute Gasteiger partial charge is 0.356 e. The summed E-state index contributed by atoms with van der Waals surface area (Å²) in [7, 11) is 1.31. The summed E-state index contributed by atoms with van der Waals surface area (Å²) >= 11 is 5.85. The minimum Gasteiger partial charge on any atom is -0.464 e. The van der Waals surface area contributed by atoms with Crippen molar-refractivity contribution < 1.29 is 9.53 Å². The van der Waals surface area contributed by atoms with E-state index in [0.717, 1.165) is 5.52 Å². The van der Waals surface area contributed by atoms with E-state index in [1.165, 1.54) is 7.11 Å². The summed E-state index contributed by atoms with van der Waals surface area (Å²) in [5.74, 6) is -0.490. The molecule has 0 spiro atoms. The number of esters is 1. The first kappa shape index (κ1) is 9.02. The molecular weight excluding hydrogens is 204 g/mol. The van der Waals surface area contributed by atoms with Crippen molar-refractivity contribution in [3.63, 3.8) is 0 Å². The Morgan fingerprint density at radius 2 is 2.43 bits per heavy atom. The first-order chi connectivity index (χ1) is 6.72. The monoisotopic (exact) mass is 210 g/mol. The molecule has 0 aliphatic rings. The van der Waals surface area contributed by atoms with Gasteiger partial charge in [-0.25, -0.2) is 9.78 Å². The number of rotatable bonds is 1. The van der Waals surface area contributed by atoms with E-state index >= 15 is 0 Å². The predicted molar refractivity (Wildman–Crippen MR) is 51.5 cm³/mol. The number of carbonyl (C=O) groups is 1. The van der Waals surface area contributed by atoms with Crippen LogP contribution in [0.2, 0.25) is 5.28 Å². The van der Waals surface area contributed by atoms with Crippen molar-refractivity contribution in [2.45, 2.75) is 0 Å². The van der Waals surface area contributed by atoms with Crippen molar-refractivity contribution in [2.75, 3.05) is 7.11 Å². The third kappa shape index (κ3) is 1.33. The molecule has 0 N–H and O–H groups in total. The molecule has 2 aromatic rings. The number of aromatic nitrogens is 2. The van der Waals surface area contributed by atoms with Crippen LogP contribution in [0.25, 0.3) is 5.52 Å². The molecule has 0 aliphatic carbocycles. The third-order valence-corrected chi connectivity index (χ3v) is 2.14. The molecule has 0 fully saturated rings. The van der Waals surface area contributed by atoms with Crippen molar-refractivity contribution in [1.82, 2.24) is 9.38 Å². The van der Waals surface area contributed by atoms with E-state index in [1.54, 1.807) is 16.7 Å². The zero-order valence-corrected chi connectivity index (χ0v) is 8.15. The number of fused-ring (bicyclic) bond motifs is 1. The summed E-state index contributed by atoms with van der Waals surface area (Å²) in [5.41, 5.74) is 1.02. The van der Waals surface area contributed by atoms with E-state index in [2.05, 4.69) is 9.72 Å². The summed E-state index contributed by atoms with van der Waals surface area (Å²) in [6.45, 7) is 0. The maximum atomic E-state index is 11.2. The molecule has 0 bridgehead atoms. The van der Waals surface area contributed by atoms with Crippen molar-refractivity contribution in [2.24, 2.45) is 0 Å². The van der Waals surface area contributed by atoms with E-state index in [9.17, 15) is 4.79 Å². The third-order valence-electron chi connectivity index (χ3n) is 1.87. The molecule has 4 nitrogen and oxygen atoms in total. The molecule has 0 radical (unpaired) electrons. The molecular formula is C9H7ClN2O2. The van der Waals surface area contributed by atoms with Crippen LogP contribution in [0, 0.1) is 0 Å². The fraction of sp³-hybridized carbons (Fsp3) is 0.111. The molecule has 2 heterocycles. The summed E-state index contributed by atoms with van der Waals surface area (Å²) in [6.07, 6.45) is 1.77. The Labute approximate surface area is 85.1 Å². The Kier molecular flexibility index (Phi) is 2.13. The van der Waals surface area contributed by atoms with Crippen LogP contribution in [0.1, 0.15) is 10.5 Å². The Hall–Kier alpha value is -1.55. The van der Waals surface area contributed by atoms with Gasteiger partial charge in [0.15, 0.2) is 5.69 Å². The number of halogens is 1. The van der Waals surface area contributed by atoms with Crippen molar-refractivity contribution in [3.05, 3.63) is 35.4 Å². The normalized spacial score (nSPS) is 10.4. The number of nitrogens with zero attached hydrogens (tertiary/aromatic N) is 2. The van der Waals surface area contributed by atoms with Gasteiger partial charge in [0.1, 0.15) is 0 Å². The molecule has 5 heteroatoms. The van der Waals surface area contributed by atoms with Crippen LogP contribution in [0.4, 0.5) is 0 Å². The van der Waals surface area contributed by atoms with Crippen molar-refractivity contribution >= 4 is 23.1 Å². The fourth-order valence-corrected chi connectivity index (χ4v) is 1.46. The largest absolute Gasteiger partial charge is 0.464 e. The van der Waals surface area contributed by atoms with E-state index < -0.39 is 5.97 Å². The molecule has 2 rings (SSSR count). The Balaban J connectivity index is 2.64. The topological polar surface area (TPSA) is 43.6 Å². The van der Waals surface area contributed by atoms with Gasteiger partial charge in [-0.3, -0.25) is 4.40 Å². The number of methoxy groups -OCH3 is 1. The van der Waals surface area contributed by atoms with Gasteiger partial charge in [-0.1, -0.05) is 0 Å². The second-order valence-electron chi connectivity index (χ2n) is 2.71. The molecule has 0 atom stereocenters. The van der Waals surface area contributed by atoms with E-state index in [0.29, 0.717) is 0 Å². The highest BCUT2D eigenvalue weighted by atomic mass is 35.5. The van der Waals surface area contributed by atoms with Crippen molar-refractivity contribution in [3.8, 4) is 0 Å². The highest BCUT2D eigenvalue weighted by molar-refractivity contribution is 6.28. The Bertz CT molecular complexity index is 493. The number of ether oxygens (including phenoxy) is 1. The SMILES string of the molecule is COC(=O)c1cc2cccn2c(Cl)n1. The summed E-state index contributed by atoms with van der Waals surface area (Å²) < 4.78 is 6.22. The molecule has 0 amide bonds. The molecule has 0 saturated carbocycles. The molecule has 0 unspecified atom stereocenters. The van der Waals surface area contributed by atoms with Gasteiger partial charge in [-0.05, 0) is 29.8 Å². The van der Waals surface area contributed by atoms with Crippen LogP contribution >= 0.6 is 11.6 Å². The highest BCUT2D eigenvalue weighted by Crippen LogP contribution is 2.13. The molecule has 14 heavy (non-hydrogen) atoms. The number of hydrogen-bond donors (Lipinski definition) is 0. The van der Waals surface area contributed by atoms with Crippen LogP contribution in [0.3, 0.4) is 0 Å². The van der Waals surface area contributed by atoms with Crippen LogP contribution in [0.15, 0.2) is 24.4 Å².